The lowest BCUT2D eigenvalue weighted by Gasteiger charge is -2.06. The van der Waals surface area contributed by atoms with Gasteiger partial charge in [-0.3, -0.25) is 9.36 Å². The first-order valence-electron chi connectivity index (χ1n) is 8.76. The highest BCUT2D eigenvalue weighted by atomic mass is 32.1. The lowest BCUT2D eigenvalue weighted by atomic mass is 10.1. The van der Waals surface area contributed by atoms with Gasteiger partial charge in [-0.05, 0) is 35.9 Å². The molecule has 134 valence electrons. The molecule has 0 saturated carbocycles. The van der Waals surface area contributed by atoms with E-state index in [9.17, 15) is 9.59 Å². The molecule has 0 aliphatic carbocycles. The second-order valence-electron chi connectivity index (χ2n) is 6.45. The first-order chi connectivity index (χ1) is 12.6. The number of nitrogens with zero attached hydrogens (tertiary/aromatic N) is 4. The molecule has 0 unspecified atom stereocenters. The van der Waals surface area contributed by atoms with Crippen LogP contribution >= 0.6 is 11.3 Å². The van der Waals surface area contributed by atoms with Crippen LogP contribution in [0, 0.1) is 6.92 Å². The Kier molecular flexibility index (Phi) is 4.24. The van der Waals surface area contributed by atoms with E-state index in [1.54, 1.807) is 8.97 Å². The lowest BCUT2D eigenvalue weighted by Crippen LogP contribution is -2.26. The van der Waals surface area contributed by atoms with Crippen LogP contribution in [0.3, 0.4) is 0 Å². The van der Waals surface area contributed by atoms with Crippen LogP contribution in [-0.4, -0.2) is 18.7 Å². The second-order valence-corrected chi connectivity index (χ2v) is 7.36. The SMILES string of the molecule is CCCCn1c(=O)c2sccc2n2c(=O)n(Cc3ccccc3C)nc12. The molecule has 0 spiro atoms. The maximum atomic E-state index is 13.0. The fourth-order valence-electron chi connectivity index (χ4n) is 3.20. The number of hydrogen-bond donors (Lipinski definition) is 0. The Balaban J connectivity index is 1.97. The Morgan fingerprint density at radius 3 is 2.73 bits per heavy atom. The van der Waals surface area contributed by atoms with Crippen LogP contribution < -0.4 is 11.2 Å². The van der Waals surface area contributed by atoms with Gasteiger partial charge in [0.05, 0.1) is 12.1 Å². The van der Waals surface area contributed by atoms with Crippen molar-refractivity contribution in [3.8, 4) is 0 Å². The van der Waals surface area contributed by atoms with Crippen LogP contribution in [0.1, 0.15) is 30.9 Å². The summed E-state index contributed by atoms with van der Waals surface area (Å²) in [5, 5.41) is 6.37. The number of rotatable bonds is 5. The minimum atomic E-state index is -0.211. The largest absolute Gasteiger partial charge is 0.352 e. The van der Waals surface area contributed by atoms with Gasteiger partial charge < -0.3 is 0 Å². The summed E-state index contributed by atoms with van der Waals surface area (Å²) in [6.45, 7) is 5.05. The van der Waals surface area contributed by atoms with Gasteiger partial charge in [0.2, 0.25) is 5.78 Å². The molecule has 4 aromatic rings. The molecule has 0 aliphatic heterocycles. The molecule has 1 aromatic carbocycles. The van der Waals surface area contributed by atoms with Gasteiger partial charge in [-0.15, -0.1) is 16.4 Å². The topological polar surface area (TPSA) is 61.3 Å². The maximum Gasteiger partial charge on any atom is 0.352 e. The number of benzene rings is 1. The van der Waals surface area contributed by atoms with Gasteiger partial charge in [-0.1, -0.05) is 37.6 Å². The molecule has 0 fully saturated rings. The summed E-state index contributed by atoms with van der Waals surface area (Å²) < 4.78 is 5.27. The normalized spacial score (nSPS) is 11.6. The standard InChI is InChI=1S/C19H20N4O2S/c1-3-4-10-21-17(24)16-15(9-11-26-16)23-18(21)20-22(19(23)25)12-14-8-6-5-7-13(14)2/h5-9,11H,3-4,10,12H2,1-2H3. The molecular weight excluding hydrogens is 348 g/mol. The smallest absolute Gasteiger partial charge is 0.276 e. The van der Waals surface area contributed by atoms with Crippen LogP contribution in [0.15, 0.2) is 45.3 Å². The van der Waals surface area contributed by atoms with E-state index < -0.39 is 0 Å². The monoisotopic (exact) mass is 368 g/mol. The van der Waals surface area contributed by atoms with Crippen molar-refractivity contribution in [2.45, 2.75) is 39.8 Å². The molecule has 0 aliphatic rings. The van der Waals surface area contributed by atoms with Gasteiger partial charge in [0.15, 0.2) is 0 Å². The molecule has 0 saturated heterocycles. The highest BCUT2D eigenvalue weighted by Crippen LogP contribution is 2.18. The van der Waals surface area contributed by atoms with Gasteiger partial charge in [0, 0.05) is 6.54 Å². The number of thiophene rings is 1. The van der Waals surface area contributed by atoms with Crippen LogP contribution in [0.4, 0.5) is 0 Å². The first kappa shape index (κ1) is 16.8. The van der Waals surface area contributed by atoms with Crippen molar-refractivity contribution >= 4 is 27.3 Å². The number of aryl methyl sites for hydroxylation is 2. The van der Waals surface area contributed by atoms with Crippen molar-refractivity contribution in [1.82, 2.24) is 18.7 Å². The van der Waals surface area contributed by atoms with E-state index in [1.807, 2.05) is 42.6 Å². The summed E-state index contributed by atoms with van der Waals surface area (Å²) in [7, 11) is 0. The molecule has 26 heavy (non-hydrogen) atoms. The Hall–Kier alpha value is -2.67. The summed E-state index contributed by atoms with van der Waals surface area (Å²) in [4.78, 5) is 25.9. The van der Waals surface area contributed by atoms with Crippen molar-refractivity contribution in [2.75, 3.05) is 0 Å². The van der Waals surface area contributed by atoms with Crippen LogP contribution in [0.5, 0.6) is 0 Å². The molecule has 0 N–H and O–H groups in total. The average Bonchev–Trinajstić information content (AvgIpc) is 3.23. The predicted octanol–water partition coefficient (Wildman–Crippen LogP) is 3.03. The molecule has 3 heterocycles. The zero-order valence-electron chi connectivity index (χ0n) is 14.8. The predicted molar refractivity (Wildman–Crippen MR) is 104 cm³/mol. The zero-order chi connectivity index (χ0) is 18.3. The molecular formula is C19H20N4O2S. The third-order valence-corrected chi connectivity index (χ3v) is 5.60. The highest BCUT2D eigenvalue weighted by molar-refractivity contribution is 7.17. The van der Waals surface area contributed by atoms with E-state index in [2.05, 4.69) is 12.0 Å². The molecule has 4 rings (SSSR count). The first-order valence-corrected chi connectivity index (χ1v) is 9.64. The number of unbranched alkanes of at least 4 members (excludes halogenated alkanes) is 1. The Morgan fingerprint density at radius 1 is 1.15 bits per heavy atom. The Bertz CT molecular complexity index is 1210. The van der Waals surface area contributed by atoms with Crippen LogP contribution in [-0.2, 0) is 13.1 Å². The fraction of sp³-hybridized carbons (Fsp3) is 0.316. The minimum absolute atomic E-state index is 0.0657. The maximum absolute atomic E-state index is 13.0. The number of fused-ring (bicyclic) bond motifs is 3. The molecule has 0 radical (unpaired) electrons. The van der Waals surface area contributed by atoms with E-state index >= 15 is 0 Å². The van der Waals surface area contributed by atoms with Crippen molar-refractivity contribution < 1.29 is 0 Å². The quantitative estimate of drug-likeness (QED) is 0.544. The van der Waals surface area contributed by atoms with Gasteiger partial charge in [-0.25, -0.2) is 13.9 Å². The van der Waals surface area contributed by atoms with E-state index in [-0.39, 0.29) is 11.2 Å². The van der Waals surface area contributed by atoms with Crippen molar-refractivity contribution in [2.24, 2.45) is 0 Å². The van der Waals surface area contributed by atoms with Gasteiger partial charge in [0.1, 0.15) is 4.70 Å². The fourth-order valence-corrected chi connectivity index (χ4v) is 4.03. The van der Waals surface area contributed by atoms with Gasteiger partial charge in [-0.2, -0.15) is 0 Å². The Labute approximate surface area is 153 Å². The summed E-state index contributed by atoms with van der Waals surface area (Å²) in [6.07, 6.45) is 1.83. The van der Waals surface area contributed by atoms with Gasteiger partial charge >= 0.3 is 5.69 Å². The summed E-state index contributed by atoms with van der Waals surface area (Å²) in [6, 6.07) is 9.76. The molecule has 3 aromatic heterocycles. The van der Waals surface area contributed by atoms with Crippen molar-refractivity contribution in [1.29, 1.82) is 0 Å². The summed E-state index contributed by atoms with van der Waals surface area (Å²) >= 11 is 1.37. The summed E-state index contributed by atoms with van der Waals surface area (Å²) in [5.74, 6) is 0.424. The molecule has 0 bridgehead atoms. The van der Waals surface area contributed by atoms with Gasteiger partial charge in [0.25, 0.3) is 5.56 Å². The Morgan fingerprint density at radius 2 is 1.96 bits per heavy atom. The molecule has 6 nitrogen and oxygen atoms in total. The lowest BCUT2D eigenvalue weighted by molar-refractivity contribution is 0.613. The number of aromatic nitrogens is 4. The zero-order valence-corrected chi connectivity index (χ0v) is 15.6. The third kappa shape index (κ3) is 2.59. The highest BCUT2D eigenvalue weighted by Gasteiger charge is 2.18. The third-order valence-electron chi connectivity index (χ3n) is 4.71. The van der Waals surface area contributed by atoms with E-state index in [0.717, 1.165) is 24.0 Å². The number of hydrogen-bond acceptors (Lipinski definition) is 4. The molecule has 0 amide bonds. The van der Waals surface area contributed by atoms with Crippen molar-refractivity contribution in [3.63, 3.8) is 0 Å². The van der Waals surface area contributed by atoms with Crippen LogP contribution in [0.2, 0.25) is 0 Å². The molecule has 0 atom stereocenters. The minimum Gasteiger partial charge on any atom is -0.276 e. The van der Waals surface area contributed by atoms with E-state index in [1.165, 1.54) is 16.0 Å². The van der Waals surface area contributed by atoms with Crippen molar-refractivity contribution in [3.05, 3.63) is 67.7 Å². The van der Waals surface area contributed by atoms with E-state index in [0.29, 0.717) is 29.1 Å². The van der Waals surface area contributed by atoms with Crippen LogP contribution in [0.25, 0.3) is 16.0 Å². The second kappa shape index (κ2) is 6.57. The van der Waals surface area contributed by atoms with E-state index in [4.69, 9.17) is 0 Å². The average molecular weight is 368 g/mol. The summed E-state index contributed by atoms with van der Waals surface area (Å²) in [5.41, 5.74) is 2.52. The molecule has 7 heteroatoms.